The summed E-state index contributed by atoms with van der Waals surface area (Å²) in [4.78, 5) is 5.51. The molecule has 0 saturated heterocycles. The molecule has 1 aromatic carbocycles. The van der Waals surface area contributed by atoms with E-state index in [1.165, 1.54) is 12.1 Å². The standard InChI is InChI=1S/C14H22FN3S.HI/c1-3-9-17-14(16-4-2)18-10-11-19-13-7-5-12(15)6-8-13;/h5-8H,3-4,9-11H2,1-2H3,(H2,16,17,18);1H. The number of thioether (sulfide) groups is 1. The molecule has 0 radical (unpaired) electrons. The van der Waals surface area contributed by atoms with Crippen molar-refractivity contribution < 1.29 is 4.39 Å². The van der Waals surface area contributed by atoms with Gasteiger partial charge in [0.25, 0.3) is 0 Å². The van der Waals surface area contributed by atoms with E-state index in [9.17, 15) is 4.39 Å². The minimum Gasteiger partial charge on any atom is -0.357 e. The fraction of sp³-hybridized carbons (Fsp3) is 0.500. The summed E-state index contributed by atoms with van der Waals surface area (Å²) in [7, 11) is 0. The van der Waals surface area contributed by atoms with E-state index in [4.69, 9.17) is 0 Å². The van der Waals surface area contributed by atoms with Crippen molar-refractivity contribution in [3.63, 3.8) is 0 Å². The van der Waals surface area contributed by atoms with Gasteiger partial charge in [-0.15, -0.1) is 35.7 Å². The molecule has 0 spiro atoms. The van der Waals surface area contributed by atoms with Crippen LogP contribution in [0.1, 0.15) is 20.3 Å². The van der Waals surface area contributed by atoms with Crippen molar-refractivity contribution >= 4 is 41.7 Å². The molecule has 20 heavy (non-hydrogen) atoms. The van der Waals surface area contributed by atoms with Gasteiger partial charge in [-0.05, 0) is 37.6 Å². The van der Waals surface area contributed by atoms with E-state index in [2.05, 4.69) is 29.5 Å². The van der Waals surface area contributed by atoms with Gasteiger partial charge in [0.1, 0.15) is 5.82 Å². The second-order valence-corrected chi connectivity index (χ2v) is 5.16. The largest absolute Gasteiger partial charge is 0.357 e. The van der Waals surface area contributed by atoms with E-state index in [0.717, 1.165) is 42.7 Å². The highest BCUT2D eigenvalue weighted by Gasteiger charge is 1.97. The number of aliphatic imine (C=N–C) groups is 1. The molecule has 1 aromatic rings. The molecule has 0 unspecified atom stereocenters. The Labute approximate surface area is 142 Å². The summed E-state index contributed by atoms with van der Waals surface area (Å²) >= 11 is 1.70. The summed E-state index contributed by atoms with van der Waals surface area (Å²) in [6.07, 6.45) is 1.04. The Morgan fingerprint density at radius 3 is 2.50 bits per heavy atom. The predicted octanol–water partition coefficient (Wildman–Crippen LogP) is 3.50. The number of halogens is 2. The van der Waals surface area contributed by atoms with Gasteiger partial charge in [-0.2, -0.15) is 0 Å². The maximum absolute atomic E-state index is 12.7. The van der Waals surface area contributed by atoms with Gasteiger partial charge >= 0.3 is 0 Å². The first-order chi connectivity index (χ1) is 9.26. The van der Waals surface area contributed by atoms with Crippen molar-refractivity contribution in [1.82, 2.24) is 10.6 Å². The molecule has 0 aliphatic heterocycles. The highest BCUT2D eigenvalue weighted by molar-refractivity contribution is 14.0. The van der Waals surface area contributed by atoms with Crippen LogP contribution in [0.5, 0.6) is 0 Å². The molecular weight excluding hydrogens is 388 g/mol. The first kappa shape index (κ1) is 19.5. The van der Waals surface area contributed by atoms with E-state index >= 15 is 0 Å². The Balaban J connectivity index is 0.00000361. The van der Waals surface area contributed by atoms with Crippen molar-refractivity contribution in [2.45, 2.75) is 25.2 Å². The third kappa shape index (κ3) is 8.63. The van der Waals surface area contributed by atoms with Gasteiger partial charge in [0.05, 0.1) is 0 Å². The number of hydrogen-bond acceptors (Lipinski definition) is 2. The quantitative estimate of drug-likeness (QED) is 0.237. The SMILES string of the molecule is CCCN=C(NCC)NCCSc1ccc(F)cc1.I. The molecule has 3 nitrogen and oxygen atoms in total. The Morgan fingerprint density at radius 1 is 1.20 bits per heavy atom. The van der Waals surface area contributed by atoms with Gasteiger partial charge in [0.15, 0.2) is 5.96 Å². The average molecular weight is 411 g/mol. The summed E-state index contributed by atoms with van der Waals surface area (Å²) in [6, 6.07) is 6.58. The molecule has 1 rings (SSSR count). The van der Waals surface area contributed by atoms with E-state index in [1.807, 2.05) is 0 Å². The molecule has 2 N–H and O–H groups in total. The zero-order valence-electron chi connectivity index (χ0n) is 12.0. The number of guanidine groups is 1. The number of nitrogens with one attached hydrogen (secondary N) is 2. The van der Waals surface area contributed by atoms with Crippen LogP contribution in [-0.2, 0) is 0 Å². The van der Waals surface area contributed by atoms with Crippen LogP contribution in [0.25, 0.3) is 0 Å². The normalized spacial score (nSPS) is 10.8. The minimum absolute atomic E-state index is 0. The van der Waals surface area contributed by atoms with Crippen molar-refractivity contribution in [3.8, 4) is 0 Å². The third-order valence-electron chi connectivity index (χ3n) is 2.31. The fourth-order valence-electron chi connectivity index (χ4n) is 1.43. The second-order valence-electron chi connectivity index (χ2n) is 3.99. The maximum atomic E-state index is 12.7. The Morgan fingerprint density at radius 2 is 1.90 bits per heavy atom. The molecule has 0 aliphatic rings. The topological polar surface area (TPSA) is 36.4 Å². The fourth-order valence-corrected chi connectivity index (χ4v) is 2.20. The molecule has 0 saturated carbocycles. The summed E-state index contributed by atoms with van der Waals surface area (Å²) in [5.41, 5.74) is 0. The van der Waals surface area contributed by atoms with Crippen LogP contribution >= 0.6 is 35.7 Å². The molecule has 0 amide bonds. The van der Waals surface area contributed by atoms with Crippen LogP contribution in [0.15, 0.2) is 34.2 Å². The van der Waals surface area contributed by atoms with Crippen molar-refractivity contribution in [2.75, 3.05) is 25.4 Å². The van der Waals surface area contributed by atoms with Crippen molar-refractivity contribution in [1.29, 1.82) is 0 Å². The Kier molecular flexibility index (Phi) is 12.0. The van der Waals surface area contributed by atoms with Gasteiger partial charge in [-0.1, -0.05) is 6.92 Å². The monoisotopic (exact) mass is 411 g/mol. The number of rotatable bonds is 7. The predicted molar refractivity (Wildman–Crippen MR) is 96.8 cm³/mol. The molecule has 0 aromatic heterocycles. The molecule has 0 atom stereocenters. The highest BCUT2D eigenvalue weighted by Crippen LogP contribution is 2.16. The van der Waals surface area contributed by atoms with Crippen LogP contribution in [0.4, 0.5) is 4.39 Å². The Hall–Kier alpha value is -0.500. The summed E-state index contributed by atoms with van der Waals surface area (Å²) < 4.78 is 12.7. The van der Waals surface area contributed by atoms with Crippen LogP contribution < -0.4 is 10.6 Å². The zero-order valence-corrected chi connectivity index (χ0v) is 15.1. The first-order valence-corrected chi connectivity index (χ1v) is 7.65. The van der Waals surface area contributed by atoms with Crippen molar-refractivity contribution in [2.24, 2.45) is 4.99 Å². The first-order valence-electron chi connectivity index (χ1n) is 6.66. The molecule has 0 bridgehead atoms. The molecule has 0 heterocycles. The van der Waals surface area contributed by atoms with E-state index in [0.29, 0.717) is 0 Å². The number of benzene rings is 1. The van der Waals surface area contributed by atoms with Gasteiger partial charge in [0, 0.05) is 30.3 Å². The zero-order chi connectivity index (χ0) is 13.9. The van der Waals surface area contributed by atoms with E-state index < -0.39 is 0 Å². The number of nitrogens with zero attached hydrogens (tertiary/aromatic N) is 1. The van der Waals surface area contributed by atoms with Crippen LogP contribution in [-0.4, -0.2) is 31.3 Å². The summed E-state index contributed by atoms with van der Waals surface area (Å²) in [5.74, 6) is 1.59. The average Bonchev–Trinajstić information content (AvgIpc) is 2.42. The van der Waals surface area contributed by atoms with E-state index in [-0.39, 0.29) is 29.8 Å². The molecule has 6 heteroatoms. The van der Waals surface area contributed by atoms with Gasteiger partial charge in [-0.25, -0.2) is 4.39 Å². The lowest BCUT2D eigenvalue weighted by Gasteiger charge is -2.10. The van der Waals surface area contributed by atoms with Crippen LogP contribution in [0.3, 0.4) is 0 Å². The summed E-state index contributed by atoms with van der Waals surface area (Å²) in [5, 5.41) is 6.48. The highest BCUT2D eigenvalue weighted by atomic mass is 127. The van der Waals surface area contributed by atoms with Gasteiger partial charge in [-0.3, -0.25) is 4.99 Å². The van der Waals surface area contributed by atoms with Crippen LogP contribution in [0.2, 0.25) is 0 Å². The second kappa shape index (κ2) is 12.3. The van der Waals surface area contributed by atoms with E-state index in [1.54, 1.807) is 23.9 Å². The lowest BCUT2D eigenvalue weighted by atomic mass is 10.4. The Bertz CT molecular complexity index is 385. The molecule has 114 valence electrons. The number of hydrogen-bond donors (Lipinski definition) is 2. The smallest absolute Gasteiger partial charge is 0.191 e. The minimum atomic E-state index is -0.191. The van der Waals surface area contributed by atoms with Gasteiger partial charge < -0.3 is 10.6 Å². The molecular formula is C14H23FIN3S. The molecule has 0 aliphatic carbocycles. The summed E-state index contributed by atoms with van der Waals surface area (Å²) in [6.45, 7) is 6.69. The van der Waals surface area contributed by atoms with Crippen LogP contribution in [0, 0.1) is 5.82 Å². The lowest BCUT2D eigenvalue weighted by Crippen LogP contribution is -2.38. The van der Waals surface area contributed by atoms with Crippen molar-refractivity contribution in [3.05, 3.63) is 30.1 Å². The van der Waals surface area contributed by atoms with Gasteiger partial charge in [0.2, 0.25) is 0 Å². The third-order valence-corrected chi connectivity index (χ3v) is 3.33. The molecule has 0 fully saturated rings. The maximum Gasteiger partial charge on any atom is 0.191 e. The lowest BCUT2D eigenvalue weighted by molar-refractivity contribution is 0.626.